The Balaban J connectivity index is 0. The van der Waals surface area contributed by atoms with Crippen molar-refractivity contribution in [3.8, 4) is 0 Å². The third kappa shape index (κ3) is 18.4. The molecule has 1 N–H and O–H groups in total. The molecule has 0 bridgehead atoms. The third-order valence-electron chi connectivity index (χ3n) is 2.46. The first kappa shape index (κ1) is 19.2. The molecule has 0 aliphatic rings. The molecular weight excluding hydrogens is 214 g/mol. The van der Waals surface area contributed by atoms with Crippen LogP contribution < -0.4 is 0 Å². The molecule has 0 fully saturated rings. The van der Waals surface area contributed by atoms with Gasteiger partial charge in [0.05, 0.1) is 6.61 Å². The number of hydrogen-bond acceptors (Lipinski definition) is 3. The lowest BCUT2D eigenvalue weighted by atomic mass is 10.2. The summed E-state index contributed by atoms with van der Waals surface area (Å²) < 4.78 is 5.51. The van der Waals surface area contributed by atoms with E-state index < -0.39 is 0 Å². The zero-order valence-corrected chi connectivity index (χ0v) is 12.4. The average Bonchev–Trinajstić information content (AvgIpc) is 2.37. The summed E-state index contributed by atoms with van der Waals surface area (Å²) in [5.41, 5.74) is 0. The van der Waals surface area contributed by atoms with E-state index in [0.717, 1.165) is 39.0 Å². The minimum absolute atomic E-state index is 0.305. The van der Waals surface area contributed by atoms with Crippen LogP contribution in [0, 0.1) is 0 Å². The van der Waals surface area contributed by atoms with Gasteiger partial charge in [0, 0.05) is 19.8 Å². The predicted octanol–water partition coefficient (Wildman–Crippen LogP) is 2.92. The summed E-state index contributed by atoms with van der Waals surface area (Å²) in [6, 6.07) is 0. The normalized spacial score (nSPS) is 10.2. The van der Waals surface area contributed by atoms with Crippen molar-refractivity contribution in [2.45, 2.75) is 52.9 Å². The van der Waals surface area contributed by atoms with E-state index >= 15 is 0 Å². The highest BCUT2D eigenvalue weighted by molar-refractivity contribution is 4.50. The molecule has 0 aliphatic heterocycles. The molecule has 0 aromatic carbocycles. The fourth-order valence-electron chi connectivity index (χ4n) is 1.35. The smallest absolute Gasteiger partial charge is 0.0593 e. The maximum atomic E-state index is 8.58. The first-order valence-electron chi connectivity index (χ1n) is 7.18. The topological polar surface area (TPSA) is 32.7 Å². The van der Waals surface area contributed by atoms with Crippen LogP contribution in [0.15, 0.2) is 0 Å². The van der Waals surface area contributed by atoms with Gasteiger partial charge in [0.25, 0.3) is 0 Å². The fourth-order valence-corrected chi connectivity index (χ4v) is 1.35. The number of aliphatic hydroxyl groups is 1. The van der Waals surface area contributed by atoms with Crippen LogP contribution in [0.4, 0.5) is 0 Å². The van der Waals surface area contributed by atoms with Crippen LogP contribution in [0.3, 0.4) is 0 Å². The molecule has 0 saturated carbocycles. The second-order valence-corrected chi connectivity index (χ2v) is 4.05. The SMILES string of the molecule is CC.CCCCN(C)CCOCCCCCO. The molecule has 0 atom stereocenters. The molecule has 0 radical (unpaired) electrons. The summed E-state index contributed by atoms with van der Waals surface area (Å²) in [5.74, 6) is 0. The summed E-state index contributed by atoms with van der Waals surface area (Å²) in [4.78, 5) is 2.32. The zero-order chi connectivity index (χ0) is 13.4. The maximum absolute atomic E-state index is 8.58. The molecule has 0 aromatic heterocycles. The first-order chi connectivity index (χ1) is 8.31. The second-order valence-electron chi connectivity index (χ2n) is 4.05. The minimum atomic E-state index is 0.305. The van der Waals surface area contributed by atoms with E-state index in [1.165, 1.54) is 19.4 Å². The van der Waals surface area contributed by atoms with Gasteiger partial charge in [-0.2, -0.15) is 0 Å². The Morgan fingerprint density at radius 3 is 2.24 bits per heavy atom. The molecule has 0 saturated heterocycles. The van der Waals surface area contributed by atoms with Crippen LogP contribution in [0.5, 0.6) is 0 Å². The fraction of sp³-hybridized carbons (Fsp3) is 1.00. The number of ether oxygens (including phenoxy) is 1. The van der Waals surface area contributed by atoms with Gasteiger partial charge in [-0.25, -0.2) is 0 Å². The molecule has 0 aliphatic carbocycles. The van der Waals surface area contributed by atoms with Crippen LogP contribution in [-0.2, 0) is 4.74 Å². The number of likely N-dealkylation sites (N-methyl/N-ethyl adjacent to an activating group) is 1. The molecule has 0 rings (SSSR count). The van der Waals surface area contributed by atoms with Crippen molar-refractivity contribution in [3.05, 3.63) is 0 Å². The van der Waals surface area contributed by atoms with E-state index in [2.05, 4.69) is 18.9 Å². The highest BCUT2D eigenvalue weighted by Crippen LogP contribution is 1.95. The van der Waals surface area contributed by atoms with Crippen molar-refractivity contribution in [1.29, 1.82) is 0 Å². The molecular formula is C14H33NO2. The van der Waals surface area contributed by atoms with Crippen molar-refractivity contribution in [2.24, 2.45) is 0 Å². The molecule has 17 heavy (non-hydrogen) atoms. The van der Waals surface area contributed by atoms with Crippen LogP contribution in [0.25, 0.3) is 0 Å². The largest absolute Gasteiger partial charge is 0.396 e. The Morgan fingerprint density at radius 1 is 0.941 bits per heavy atom. The summed E-state index contributed by atoms with van der Waals surface area (Å²) in [6.07, 6.45) is 5.57. The van der Waals surface area contributed by atoms with Crippen LogP contribution in [0.1, 0.15) is 52.9 Å². The van der Waals surface area contributed by atoms with Crippen molar-refractivity contribution in [1.82, 2.24) is 4.90 Å². The summed E-state index contributed by atoms with van der Waals surface area (Å²) in [5, 5.41) is 8.58. The van der Waals surface area contributed by atoms with Crippen molar-refractivity contribution < 1.29 is 9.84 Å². The molecule has 0 aromatic rings. The van der Waals surface area contributed by atoms with Gasteiger partial charge in [-0.1, -0.05) is 27.2 Å². The van der Waals surface area contributed by atoms with Gasteiger partial charge in [-0.15, -0.1) is 0 Å². The Kier molecular flexibility index (Phi) is 20.6. The monoisotopic (exact) mass is 247 g/mol. The van der Waals surface area contributed by atoms with E-state index in [1.54, 1.807) is 0 Å². The molecule has 0 heterocycles. The number of rotatable bonds is 11. The van der Waals surface area contributed by atoms with Crippen LogP contribution in [0.2, 0.25) is 0 Å². The highest BCUT2D eigenvalue weighted by Gasteiger charge is 1.96. The lowest BCUT2D eigenvalue weighted by Gasteiger charge is -2.15. The first-order valence-corrected chi connectivity index (χ1v) is 7.18. The lowest BCUT2D eigenvalue weighted by molar-refractivity contribution is 0.107. The van der Waals surface area contributed by atoms with Gasteiger partial charge in [0.15, 0.2) is 0 Å². The third-order valence-corrected chi connectivity index (χ3v) is 2.46. The van der Waals surface area contributed by atoms with E-state index in [4.69, 9.17) is 9.84 Å². The summed E-state index contributed by atoms with van der Waals surface area (Å²) in [6.45, 7) is 10.4. The van der Waals surface area contributed by atoms with E-state index in [-0.39, 0.29) is 0 Å². The van der Waals surface area contributed by atoms with Gasteiger partial charge >= 0.3 is 0 Å². The van der Waals surface area contributed by atoms with Gasteiger partial charge in [-0.05, 0) is 39.3 Å². The average molecular weight is 247 g/mol. The minimum Gasteiger partial charge on any atom is -0.396 e. The van der Waals surface area contributed by atoms with E-state index in [0.29, 0.717) is 6.61 Å². The Morgan fingerprint density at radius 2 is 1.65 bits per heavy atom. The van der Waals surface area contributed by atoms with Gasteiger partial charge in [0.2, 0.25) is 0 Å². The Bertz CT molecular complexity index is 121. The Labute approximate surface area is 108 Å². The zero-order valence-electron chi connectivity index (χ0n) is 12.4. The van der Waals surface area contributed by atoms with E-state index in [1.807, 2.05) is 13.8 Å². The summed E-state index contributed by atoms with van der Waals surface area (Å²) in [7, 11) is 2.14. The standard InChI is InChI=1S/C12H27NO2.C2H6/c1-3-4-8-13(2)9-12-15-11-7-5-6-10-14;1-2/h14H,3-12H2,1-2H3;1-2H3. The second kappa shape index (κ2) is 18.3. The molecule has 3 nitrogen and oxygen atoms in total. The van der Waals surface area contributed by atoms with E-state index in [9.17, 15) is 0 Å². The molecule has 106 valence electrons. The van der Waals surface area contributed by atoms with Crippen LogP contribution >= 0.6 is 0 Å². The number of hydrogen-bond donors (Lipinski definition) is 1. The maximum Gasteiger partial charge on any atom is 0.0593 e. The van der Waals surface area contributed by atoms with Gasteiger partial charge in [0.1, 0.15) is 0 Å². The Hall–Kier alpha value is -0.120. The summed E-state index contributed by atoms with van der Waals surface area (Å²) >= 11 is 0. The van der Waals surface area contributed by atoms with Crippen molar-refractivity contribution >= 4 is 0 Å². The number of aliphatic hydroxyl groups excluding tert-OH is 1. The van der Waals surface area contributed by atoms with Crippen molar-refractivity contribution in [2.75, 3.05) is 40.0 Å². The molecule has 0 amide bonds. The molecule has 3 heteroatoms. The lowest BCUT2D eigenvalue weighted by Crippen LogP contribution is -2.24. The van der Waals surface area contributed by atoms with Crippen LogP contribution in [-0.4, -0.2) is 50.0 Å². The number of nitrogens with zero attached hydrogens (tertiary/aromatic N) is 1. The van der Waals surface area contributed by atoms with Gasteiger partial charge in [-0.3, -0.25) is 0 Å². The van der Waals surface area contributed by atoms with Gasteiger partial charge < -0.3 is 14.7 Å². The number of unbranched alkanes of at least 4 members (excludes halogenated alkanes) is 3. The predicted molar refractivity (Wildman–Crippen MR) is 75.5 cm³/mol. The quantitative estimate of drug-likeness (QED) is 0.570. The van der Waals surface area contributed by atoms with Crippen molar-refractivity contribution in [3.63, 3.8) is 0 Å². The molecule has 0 unspecified atom stereocenters. The highest BCUT2D eigenvalue weighted by atomic mass is 16.5. The molecule has 0 spiro atoms.